The number of rotatable bonds is 6. The summed E-state index contributed by atoms with van der Waals surface area (Å²) in [5, 5.41) is 13.4. The van der Waals surface area contributed by atoms with Crippen molar-refractivity contribution in [1.82, 2.24) is 0 Å². The molecule has 0 unspecified atom stereocenters. The molecule has 2 aromatic rings. The summed E-state index contributed by atoms with van der Waals surface area (Å²) >= 11 is 1.47. The van der Waals surface area contributed by atoms with Gasteiger partial charge in [0.05, 0.1) is 6.10 Å². The van der Waals surface area contributed by atoms with Crippen LogP contribution in [0, 0.1) is 11.2 Å². The summed E-state index contributed by atoms with van der Waals surface area (Å²) < 4.78 is 5.63. The normalized spacial score (nSPS) is 13.0. The number of aliphatic hydroxyl groups excluding tert-OH is 1. The molecule has 0 aliphatic carbocycles. The smallest absolute Gasteiger partial charge is 0.121 e. The largest absolute Gasteiger partial charge is 0.388 e. The van der Waals surface area contributed by atoms with Gasteiger partial charge in [-0.3, -0.25) is 0 Å². The Kier molecular flexibility index (Phi) is 7.05. The molecule has 114 valence electrons. The molecule has 0 spiro atoms. The zero-order valence-electron chi connectivity index (χ0n) is 12.6. The van der Waals surface area contributed by atoms with E-state index in [9.17, 15) is 5.11 Å². The molecule has 2 rings (SSSR count). The minimum Gasteiger partial charge on any atom is -0.388 e. The second kappa shape index (κ2) is 9.32. The molecular weight excluding hydrogens is 292 g/mol. The van der Waals surface area contributed by atoms with E-state index >= 15 is 0 Å². The van der Waals surface area contributed by atoms with E-state index in [0.29, 0.717) is 13.0 Å². The minimum absolute atomic E-state index is 0.267. The van der Waals surface area contributed by atoms with E-state index in [-0.39, 0.29) is 6.10 Å². The van der Waals surface area contributed by atoms with Crippen molar-refractivity contribution in [2.24, 2.45) is 0 Å². The van der Waals surface area contributed by atoms with Crippen LogP contribution in [0.1, 0.15) is 25.0 Å². The maximum Gasteiger partial charge on any atom is 0.121 e. The van der Waals surface area contributed by atoms with Crippen molar-refractivity contribution < 1.29 is 9.84 Å². The standard InChI is InChI=1S/C19H20O2S/c1-2-21-17(13-14-22-18-11-7-4-8-12-18)15-19(20)16-9-5-3-6-10-16/h3-12,17,19-20H,2,15H2,1H3/t17-,19-/m0/s1. The summed E-state index contributed by atoms with van der Waals surface area (Å²) in [6, 6.07) is 19.6. The molecule has 22 heavy (non-hydrogen) atoms. The summed E-state index contributed by atoms with van der Waals surface area (Å²) in [6.45, 7) is 2.52. The first-order valence-electron chi connectivity index (χ1n) is 7.36. The lowest BCUT2D eigenvalue weighted by atomic mass is 10.0. The highest BCUT2D eigenvalue weighted by atomic mass is 32.2. The van der Waals surface area contributed by atoms with Crippen LogP contribution in [0.2, 0.25) is 0 Å². The Labute approximate surface area is 136 Å². The van der Waals surface area contributed by atoms with Crippen LogP contribution in [0.15, 0.2) is 65.6 Å². The molecule has 0 aliphatic rings. The Hall–Kier alpha value is -1.73. The molecule has 0 amide bonds. The fraction of sp³-hybridized carbons (Fsp3) is 0.263. The first kappa shape index (κ1) is 16.6. The molecule has 2 aromatic carbocycles. The molecule has 0 heterocycles. The van der Waals surface area contributed by atoms with Crippen molar-refractivity contribution in [1.29, 1.82) is 0 Å². The lowest BCUT2D eigenvalue weighted by Gasteiger charge is -2.16. The average molecular weight is 312 g/mol. The number of thioether (sulfide) groups is 1. The Morgan fingerprint density at radius 1 is 1.05 bits per heavy atom. The molecule has 0 aromatic heterocycles. The number of ether oxygens (including phenoxy) is 1. The van der Waals surface area contributed by atoms with Crippen LogP contribution in [0.4, 0.5) is 0 Å². The topological polar surface area (TPSA) is 29.5 Å². The molecule has 0 saturated heterocycles. The highest BCUT2D eigenvalue weighted by Gasteiger charge is 2.14. The van der Waals surface area contributed by atoms with Crippen LogP contribution in [0.5, 0.6) is 0 Å². The van der Waals surface area contributed by atoms with Gasteiger partial charge in [0.25, 0.3) is 0 Å². The fourth-order valence-corrected chi connectivity index (χ4v) is 2.63. The van der Waals surface area contributed by atoms with Crippen LogP contribution >= 0.6 is 11.8 Å². The van der Waals surface area contributed by atoms with Crippen molar-refractivity contribution in [2.45, 2.75) is 30.4 Å². The second-order valence-electron chi connectivity index (χ2n) is 4.77. The Morgan fingerprint density at radius 3 is 2.32 bits per heavy atom. The van der Waals surface area contributed by atoms with Gasteiger partial charge in [-0.25, -0.2) is 0 Å². The maximum atomic E-state index is 10.3. The van der Waals surface area contributed by atoms with Crippen molar-refractivity contribution in [3.8, 4) is 11.2 Å². The van der Waals surface area contributed by atoms with Crippen molar-refractivity contribution >= 4 is 11.8 Å². The van der Waals surface area contributed by atoms with Gasteiger partial charge in [0, 0.05) is 17.9 Å². The summed E-state index contributed by atoms with van der Waals surface area (Å²) in [4.78, 5) is 1.11. The monoisotopic (exact) mass is 312 g/mol. The van der Waals surface area contributed by atoms with E-state index in [2.05, 4.69) is 11.2 Å². The Balaban J connectivity index is 1.95. The highest BCUT2D eigenvalue weighted by molar-refractivity contribution is 8.03. The van der Waals surface area contributed by atoms with E-state index in [1.165, 1.54) is 11.8 Å². The summed E-state index contributed by atoms with van der Waals surface area (Å²) in [5.41, 5.74) is 0.893. The predicted molar refractivity (Wildman–Crippen MR) is 91.5 cm³/mol. The number of aliphatic hydroxyl groups is 1. The average Bonchev–Trinajstić information content (AvgIpc) is 2.57. The van der Waals surface area contributed by atoms with Crippen LogP contribution in [-0.2, 0) is 4.74 Å². The zero-order valence-corrected chi connectivity index (χ0v) is 13.4. The lowest BCUT2D eigenvalue weighted by Crippen LogP contribution is -2.15. The molecular formula is C19H20O2S. The van der Waals surface area contributed by atoms with Crippen LogP contribution < -0.4 is 0 Å². The van der Waals surface area contributed by atoms with Gasteiger partial charge in [-0.05, 0) is 41.6 Å². The summed E-state index contributed by atoms with van der Waals surface area (Å²) in [5.74, 6) is 3.10. The van der Waals surface area contributed by atoms with Gasteiger partial charge < -0.3 is 9.84 Å². The Morgan fingerprint density at radius 2 is 1.68 bits per heavy atom. The molecule has 0 radical (unpaired) electrons. The molecule has 1 N–H and O–H groups in total. The van der Waals surface area contributed by atoms with Gasteiger partial charge in [0.2, 0.25) is 0 Å². The summed E-state index contributed by atoms with van der Waals surface area (Å²) in [7, 11) is 0. The van der Waals surface area contributed by atoms with Gasteiger partial charge in [-0.15, -0.1) is 0 Å². The molecule has 3 heteroatoms. The third-order valence-electron chi connectivity index (χ3n) is 3.12. The molecule has 2 nitrogen and oxygen atoms in total. The number of hydrogen-bond donors (Lipinski definition) is 1. The van der Waals surface area contributed by atoms with Crippen LogP contribution in [-0.4, -0.2) is 17.8 Å². The zero-order chi connectivity index (χ0) is 15.6. The number of benzene rings is 2. The fourth-order valence-electron chi connectivity index (χ4n) is 2.03. The van der Waals surface area contributed by atoms with Crippen LogP contribution in [0.3, 0.4) is 0 Å². The SMILES string of the molecule is CCO[C@@H](C#CSc1ccccc1)C[C@H](O)c1ccccc1. The molecule has 0 aliphatic heterocycles. The second-order valence-corrected chi connectivity index (χ2v) is 5.65. The van der Waals surface area contributed by atoms with E-state index in [4.69, 9.17) is 4.74 Å². The minimum atomic E-state index is -0.561. The number of hydrogen-bond acceptors (Lipinski definition) is 3. The van der Waals surface area contributed by atoms with E-state index in [1.807, 2.05) is 67.6 Å². The highest BCUT2D eigenvalue weighted by Crippen LogP contribution is 2.20. The van der Waals surface area contributed by atoms with E-state index < -0.39 is 6.10 Å². The van der Waals surface area contributed by atoms with Crippen molar-refractivity contribution in [3.63, 3.8) is 0 Å². The summed E-state index contributed by atoms with van der Waals surface area (Å²) in [6.07, 6.45) is -0.356. The predicted octanol–water partition coefficient (Wildman–Crippen LogP) is 4.27. The molecule has 0 saturated carbocycles. The van der Waals surface area contributed by atoms with Crippen molar-refractivity contribution in [3.05, 3.63) is 66.2 Å². The molecule has 0 bridgehead atoms. The van der Waals surface area contributed by atoms with Crippen molar-refractivity contribution in [2.75, 3.05) is 6.61 Å². The first-order chi connectivity index (χ1) is 10.8. The van der Waals surface area contributed by atoms with Gasteiger partial charge >= 0.3 is 0 Å². The molecule has 2 atom stereocenters. The Bertz CT molecular complexity index is 602. The first-order valence-corrected chi connectivity index (χ1v) is 8.18. The van der Waals surface area contributed by atoms with E-state index in [0.717, 1.165) is 10.5 Å². The molecule has 0 fully saturated rings. The quantitative estimate of drug-likeness (QED) is 0.638. The third-order valence-corrected chi connectivity index (χ3v) is 3.85. The maximum absolute atomic E-state index is 10.3. The van der Waals surface area contributed by atoms with Crippen LogP contribution in [0.25, 0.3) is 0 Å². The lowest BCUT2D eigenvalue weighted by molar-refractivity contribution is 0.0520. The van der Waals surface area contributed by atoms with Gasteiger partial charge in [0.1, 0.15) is 6.10 Å². The van der Waals surface area contributed by atoms with Gasteiger partial charge in [-0.1, -0.05) is 54.5 Å². The van der Waals surface area contributed by atoms with Gasteiger partial charge in [0.15, 0.2) is 0 Å². The third kappa shape index (κ3) is 5.57. The van der Waals surface area contributed by atoms with E-state index in [1.54, 1.807) is 0 Å². The van der Waals surface area contributed by atoms with Gasteiger partial charge in [-0.2, -0.15) is 0 Å².